The van der Waals surface area contributed by atoms with Crippen molar-refractivity contribution in [3.8, 4) is 11.8 Å². The lowest BCUT2D eigenvalue weighted by Crippen LogP contribution is -2.30. The van der Waals surface area contributed by atoms with Crippen molar-refractivity contribution in [1.29, 1.82) is 5.26 Å². The monoisotopic (exact) mass is 379 g/mol. The molecule has 3 rings (SSSR count). The minimum Gasteiger partial charge on any atom is -0.497 e. The number of carbonyl (C=O) groups excluding carboxylic acids is 1. The van der Waals surface area contributed by atoms with E-state index in [9.17, 15) is 14.9 Å². The number of nitrogens with one attached hydrogen (secondary N) is 2. The minimum absolute atomic E-state index is 0.00542. The average molecular weight is 379 g/mol. The lowest BCUT2D eigenvalue weighted by molar-refractivity contribution is -0.122. The molecule has 1 unspecified atom stereocenters. The summed E-state index contributed by atoms with van der Waals surface area (Å²) in [4.78, 5) is 27.2. The molecule has 1 aromatic carbocycles. The molecular weight excluding hydrogens is 354 g/mol. The SMILES string of the molecule is COc1ccc(C(NC(=O)CCc2c(C)[nH]c(=O)c(C#N)c2C)C2CC2)cc1. The van der Waals surface area contributed by atoms with Gasteiger partial charge in [-0.05, 0) is 67.9 Å². The average Bonchev–Trinajstić information content (AvgIpc) is 3.51. The van der Waals surface area contributed by atoms with Gasteiger partial charge in [-0.3, -0.25) is 9.59 Å². The largest absolute Gasteiger partial charge is 0.497 e. The van der Waals surface area contributed by atoms with Gasteiger partial charge in [-0.2, -0.15) is 5.26 Å². The van der Waals surface area contributed by atoms with Crippen LogP contribution in [0.15, 0.2) is 29.1 Å². The third kappa shape index (κ3) is 4.25. The maximum Gasteiger partial charge on any atom is 0.266 e. The van der Waals surface area contributed by atoms with E-state index in [2.05, 4.69) is 10.3 Å². The first-order valence-electron chi connectivity index (χ1n) is 9.50. The third-order valence-electron chi connectivity index (χ3n) is 5.41. The summed E-state index contributed by atoms with van der Waals surface area (Å²) in [6.07, 6.45) is 3.01. The number of methoxy groups -OCH3 is 1. The normalized spacial score (nSPS) is 14.2. The number of pyridine rings is 1. The molecule has 2 N–H and O–H groups in total. The molecular formula is C22H25N3O3. The van der Waals surface area contributed by atoms with Crippen molar-refractivity contribution in [2.75, 3.05) is 7.11 Å². The molecule has 1 aromatic heterocycles. The number of benzene rings is 1. The maximum atomic E-state index is 12.6. The van der Waals surface area contributed by atoms with E-state index in [1.165, 1.54) is 0 Å². The van der Waals surface area contributed by atoms with Gasteiger partial charge in [0.2, 0.25) is 5.91 Å². The van der Waals surface area contributed by atoms with Crippen molar-refractivity contribution in [2.24, 2.45) is 5.92 Å². The summed E-state index contributed by atoms with van der Waals surface area (Å²) in [5.74, 6) is 1.23. The number of nitriles is 1. The number of ether oxygens (including phenoxy) is 1. The molecule has 6 nitrogen and oxygen atoms in total. The predicted molar refractivity (Wildman–Crippen MR) is 106 cm³/mol. The summed E-state index contributed by atoms with van der Waals surface area (Å²) in [7, 11) is 1.63. The molecule has 0 saturated heterocycles. The summed E-state index contributed by atoms with van der Waals surface area (Å²) < 4.78 is 5.21. The molecule has 1 saturated carbocycles. The molecule has 6 heteroatoms. The first-order valence-corrected chi connectivity index (χ1v) is 9.50. The number of aromatic amines is 1. The fourth-order valence-corrected chi connectivity index (χ4v) is 3.62. The van der Waals surface area contributed by atoms with E-state index in [1.54, 1.807) is 21.0 Å². The summed E-state index contributed by atoms with van der Waals surface area (Å²) in [5.41, 5.74) is 3.06. The lowest BCUT2D eigenvalue weighted by atomic mass is 9.98. The van der Waals surface area contributed by atoms with Crippen molar-refractivity contribution >= 4 is 5.91 Å². The van der Waals surface area contributed by atoms with Crippen LogP contribution in [-0.4, -0.2) is 18.0 Å². The Bertz CT molecular complexity index is 966. The summed E-state index contributed by atoms with van der Waals surface area (Å²) in [5, 5.41) is 12.3. The van der Waals surface area contributed by atoms with Crippen LogP contribution in [0, 0.1) is 31.1 Å². The van der Waals surface area contributed by atoms with Crippen LogP contribution < -0.4 is 15.6 Å². The number of hydrogen-bond donors (Lipinski definition) is 2. The topological polar surface area (TPSA) is 95.0 Å². The van der Waals surface area contributed by atoms with Gasteiger partial charge in [-0.25, -0.2) is 0 Å². The zero-order chi connectivity index (χ0) is 20.3. The summed E-state index contributed by atoms with van der Waals surface area (Å²) in [6, 6.07) is 9.77. The van der Waals surface area contributed by atoms with Gasteiger partial charge in [0.05, 0.1) is 13.2 Å². The van der Waals surface area contributed by atoms with Gasteiger partial charge in [0.1, 0.15) is 17.4 Å². The van der Waals surface area contributed by atoms with Gasteiger partial charge in [0, 0.05) is 12.1 Å². The minimum atomic E-state index is -0.376. The first-order chi connectivity index (χ1) is 13.4. The van der Waals surface area contributed by atoms with Gasteiger partial charge < -0.3 is 15.0 Å². The van der Waals surface area contributed by atoms with Crippen molar-refractivity contribution in [1.82, 2.24) is 10.3 Å². The molecule has 1 aliphatic carbocycles. The fraction of sp³-hybridized carbons (Fsp3) is 0.409. The van der Waals surface area contributed by atoms with E-state index in [1.807, 2.05) is 30.3 Å². The molecule has 1 aliphatic rings. The highest BCUT2D eigenvalue weighted by Crippen LogP contribution is 2.41. The molecule has 1 atom stereocenters. The molecule has 1 fully saturated rings. The van der Waals surface area contributed by atoms with Gasteiger partial charge >= 0.3 is 0 Å². The van der Waals surface area contributed by atoms with Crippen LogP contribution in [0.3, 0.4) is 0 Å². The maximum absolute atomic E-state index is 12.6. The Kier molecular flexibility index (Phi) is 5.84. The first kappa shape index (κ1) is 19.7. The zero-order valence-corrected chi connectivity index (χ0v) is 16.5. The number of H-pyrrole nitrogens is 1. The third-order valence-corrected chi connectivity index (χ3v) is 5.41. The molecule has 146 valence electrons. The van der Waals surface area contributed by atoms with E-state index in [0.717, 1.165) is 29.7 Å². The number of carbonyl (C=O) groups is 1. The number of hydrogen-bond acceptors (Lipinski definition) is 4. The molecule has 0 bridgehead atoms. The van der Waals surface area contributed by atoms with Crippen LogP contribution in [0.4, 0.5) is 0 Å². The number of amides is 1. The molecule has 28 heavy (non-hydrogen) atoms. The second-order valence-corrected chi connectivity index (χ2v) is 7.33. The van der Waals surface area contributed by atoms with Crippen LogP contribution in [-0.2, 0) is 11.2 Å². The van der Waals surface area contributed by atoms with Crippen molar-refractivity contribution in [3.63, 3.8) is 0 Å². The molecule has 2 aromatic rings. The number of aromatic nitrogens is 1. The molecule has 0 aliphatic heterocycles. The predicted octanol–water partition coefficient (Wildman–Crippen LogP) is 3.07. The quantitative estimate of drug-likeness (QED) is 0.773. The van der Waals surface area contributed by atoms with Gasteiger partial charge in [0.25, 0.3) is 5.56 Å². The number of aryl methyl sites for hydroxylation is 1. The molecule has 0 spiro atoms. The molecule has 1 amide bonds. The van der Waals surface area contributed by atoms with Crippen LogP contribution in [0.2, 0.25) is 0 Å². The smallest absolute Gasteiger partial charge is 0.266 e. The van der Waals surface area contributed by atoms with Crippen LogP contribution in [0.1, 0.15) is 53.3 Å². The second-order valence-electron chi connectivity index (χ2n) is 7.33. The van der Waals surface area contributed by atoms with E-state index in [-0.39, 0.29) is 23.1 Å². The Morgan fingerprint density at radius 3 is 2.57 bits per heavy atom. The lowest BCUT2D eigenvalue weighted by Gasteiger charge is -2.19. The van der Waals surface area contributed by atoms with Crippen molar-refractivity contribution < 1.29 is 9.53 Å². The Morgan fingerprint density at radius 2 is 2.00 bits per heavy atom. The van der Waals surface area contributed by atoms with E-state index in [0.29, 0.717) is 30.0 Å². The second kappa shape index (κ2) is 8.30. The Hall–Kier alpha value is -3.07. The van der Waals surface area contributed by atoms with Crippen LogP contribution in [0.5, 0.6) is 5.75 Å². The highest BCUT2D eigenvalue weighted by molar-refractivity contribution is 5.77. The number of nitrogens with zero attached hydrogens (tertiary/aromatic N) is 1. The molecule has 0 radical (unpaired) electrons. The van der Waals surface area contributed by atoms with Gasteiger partial charge in [-0.15, -0.1) is 0 Å². The highest BCUT2D eigenvalue weighted by atomic mass is 16.5. The van der Waals surface area contributed by atoms with E-state index < -0.39 is 0 Å². The number of rotatable bonds is 7. The van der Waals surface area contributed by atoms with Gasteiger partial charge in [-0.1, -0.05) is 12.1 Å². The highest BCUT2D eigenvalue weighted by Gasteiger charge is 2.33. The standard InChI is InChI=1S/C22H25N3O3/c1-13-18(14(2)24-22(27)19(13)12-23)10-11-20(26)25-21(15-4-5-15)16-6-8-17(28-3)9-7-16/h6-9,15,21H,4-5,10-11H2,1-3H3,(H,24,27)(H,25,26). The van der Waals surface area contributed by atoms with Crippen molar-refractivity contribution in [2.45, 2.75) is 45.6 Å². The Morgan fingerprint density at radius 1 is 1.32 bits per heavy atom. The summed E-state index contributed by atoms with van der Waals surface area (Å²) in [6.45, 7) is 3.56. The van der Waals surface area contributed by atoms with E-state index in [4.69, 9.17) is 4.74 Å². The fourth-order valence-electron chi connectivity index (χ4n) is 3.62. The Labute approximate surface area is 164 Å². The van der Waals surface area contributed by atoms with Gasteiger partial charge in [0.15, 0.2) is 0 Å². The van der Waals surface area contributed by atoms with Crippen molar-refractivity contribution in [3.05, 3.63) is 62.6 Å². The Balaban J connectivity index is 1.69. The van der Waals surface area contributed by atoms with E-state index >= 15 is 0 Å². The summed E-state index contributed by atoms with van der Waals surface area (Å²) >= 11 is 0. The molecule has 1 heterocycles. The van der Waals surface area contributed by atoms with Crippen LogP contribution >= 0.6 is 0 Å². The zero-order valence-electron chi connectivity index (χ0n) is 16.5. The van der Waals surface area contributed by atoms with Crippen LogP contribution in [0.25, 0.3) is 0 Å².